The quantitative estimate of drug-likeness (QED) is 0.431. The maximum absolute atomic E-state index is 13.5. The number of phenolic OH excluding ortho intramolecular Hbond substituents is 1. The minimum absolute atomic E-state index is 0.00565. The normalized spacial score (nSPS) is 19.7. The molecule has 4 rings (SSSR count). The maximum Gasteiger partial charge on any atom is 0.267 e. The van der Waals surface area contributed by atoms with Crippen LogP contribution in [0.25, 0.3) is 6.08 Å². The Morgan fingerprint density at radius 1 is 1.22 bits per heavy atom. The summed E-state index contributed by atoms with van der Waals surface area (Å²) in [6.45, 7) is 3.76. The van der Waals surface area contributed by atoms with Gasteiger partial charge in [0.2, 0.25) is 0 Å². The summed E-state index contributed by atoms with van der Waals surface area (Å²) in [5.41, 5.74) is 2.35. The Morgan fingerprint density at radius 3 is 2.66 bits per heavy atom. The lowest BCUT2D eigenvalue weighted by Crippen LogP contribution is -2.40. The summed E-state index contributed by atoms with van der Waals surface area (Å²) < 4.78 is 5.34. The van der Waals surface area contributed by atoms with Crippen molar-refractivity contribution >= 4 is 34.6 Å². The first kappa shape index (κ1) is 22.2. The number of methoxy groups -OCH3 is 1. The van der Waals surface area contributed by atoms with Crippen molar-refractivity contribution < 1.29 is 14.6 Å². The molecule has 0 aromatic heterocycles. The number of para-hydroxylation sites is 1. The van der Waals surface area contributed by atoms with Gasteiger partial charge in [0.25, 0.3) is 5.91 Å². The highest BCUT2D eigenvalue weighted by Gasteiger charge is 2.38. The number of ether oxygens (including phenoxy) is 1. The number of hydrogen-bond acceptors (Lipinski definition) is 5. The third-order valence-electron chi connectivity index (χ3n) is 5.82. The number of amidine groups is 1. The molecule has 6 heteroatoms. The van der Waals surface area contributed by atoms with Gasteiger partial charge in [0.1, 0.15) is 0 Å². The average Bonchev–Trinajstić information content (AvgIpc) is 3.11. The number of carbonyl (C=O) groups excluding carboxylic acids is 1. The van der Waals surface area contributed by atoms with Crippen molar-refractivity contribution in [2.45, 2.75) is 44.6 Å². The van der Waals surface area contributed by atoms with Gasteiger partial charge in [-0.1, -0.05) is 43.5 Å². The van der Waals surface area contributed by atoms with E-state index in [1.807, 2.05) is 47.4 Å². The van der Waals surface area contributed by atoms with Gasteiger partial charge in [0, 0.05) is 11.6 Å². The predicted molar refractivity (Wildman–Crippen MR) is 131 cm³/mol. The third kappa shape index (κ3) is 4.75. The van der Waals surface area contributed by atoms with Crippen LogP contribution >= 0.6 is 11.8 Å². The highest BCUT2D eigenvalue weighted by Crippen LogP contribution is 2.40. The van der Waals surface area contributed by atoms with Gasteiger partial charge in [-0.3, -0.25) is 9.69 Å². The monoisotopic (exact) mass is 448 g/mol. The average molecular weight is 449 g/mol. The Labute approximate surface area is 193 Å². The number of carbonyl (C=O) groups is 1. The Hall–Kier alpha value is -2.99. The molecule has 1 amide bonds. The molecule has 32 heavy (non-hydrogen) atoms. The fourth-order valence-electron chi connectivity index (χ4n) is 4.23. The molecule has 1 saturated carbocycles. The van der Waals surface area contributed by atoms with Crippen LogP contribution in [-0.2, 0) is 11.2 Å². The molecular formula is C26H28N2O3S. The topological polar surface area (TPSA) is 62.1 Å². The van der Waals surface area contributed by atoms with Crippen molar-refractivity contribution in [2.24, 2.45) is 4.99 Å². The van der Waals surface area contributed by atoms with E-state index >= 15 is 0 Å². The summed E-state index contributed by atoms with van der Waals surface area (Å²) in [7, 11) is 1.52. The molecule has 2 aromatic carbocycles. The fraction of sp³-hybridized carbons (Fsp3) is 0.308. The maximum atomic E-state index is 13.5. The Balaban J connectivity index is 1.72. The summed E-state index contributed by atoms with van der Waals surface area (Å²) in [5.74, 6) is 0.484. The molecule has 2 fully saturated rings. The summed E-state index contributed by atoms with van der Waals surface area (Å²) in [4.78, 5) is 20.8. The molecule has 1 N–H and O–H groups in total. The summed E-state index contributed by atoms with van der Waals surface area (Å²) >= 11 is 1.41. The SMILES string of the molecule is C=CCc1cc(C=C2SC(=Nc3ccccc3)N(C3CCCCC3)C2=O)cc(OC)c1O. The number of amides is 1. The highest BCUT2D eigenvalue weighted by molar-refractivity contribution is 8.18. The van der Waals surface area contributed by atoms with Crippen molar-refractivity contribution in [3.63, 3.8) is 0 Å². The largest absolute Gasteiger partial charge is 0.504 e. The smallest absolute Gasteiger partial charge is 0.267 e. The number of nitrogens with zero attached hydrogens (tertiary/aromatic N) is 2. The molecule has 0 radical (unpaired) electrons. The van der Waals surface area contributed by atoms with Crippen LogP contribution in [-0.4, -0.2) is 34.2 Å². The van der Waals surface area contributed by atoms with Crippen LogP contribution in [0.5, 0.6) is 11.5 Å². The van der Waals surface area contributed by atoms with Crippen molar-refractivity contribution in [3.8, 4) is 11.5 Å². The van der Waals surface area contributed by atoms with E-state index in [0.29, 0.717) is 22.6 Å². The molecule has 5 nitrogen and oxygen atoms in total. The van der Waals surface area contributed by atoms with E-state index in [1.165, 1.54) is 25.3 Å². The van der Waals surface area contributed by atoms with Crippen LogP contribution in [0.2, 0.25) is 0 Å². The number of benzene rings is 2. The van der Waals surface area contributed by atoms with Gasteiger partial charge >= 0.3 is 0 Å². The number of thioether (sulfide) groups is 1. The highest BCUT2D eigenvalue weighted by atomic mass is 32.2. The van der Waals surface area contributed by atoms with Crippen LogP contribution in [0.1, 0.15) is 43.2 Å². The lowest BCUT2D eigenvalue weighted by molar-refractivity contribution is -0.124. The van der Waals surface area contributed by atoms with E-state index in [-0.39, 0.29) is 17.7 Å². The van der Waals surface area contributed by atoms with Gasteiger partial charge in [-0.2, -0.15) is 0 Å². The van der Waals surface area contributed by atoms with E-state index in [9.17, 15) is 9.90 Å². The van der Waals surface area contributed by atoms with E-state index < -0.39 is 0 Å². The zero-order valence-electron chi connectivity index (χ0n) is 18.3. The van der Waals surface area contributed by atoms with Crippen molar-refractivity contribution in [1.82, 2.24) is 4.90 Å². The van der Waals surface area contributed by atoms with E-state index in [1.54, 1.807) is 12.1 Å². The zero-order chi connectivity index (χ0) is 22.5. The van der Waals surface area contributed by atoms with Crippen LogP contribution in [0.3, 0.4) is 0 Å². The van der Waals surface area contributed by atoms with E-state index in [0.717, 1.165) is 42.1 Å². The Bertz CT molecular complexity index is 1060. The zero-order valence-corrected chi connectivity index (χ0v) is 19.1. The van der Waals surface area contributed by atoms with Gasteiger partial charge < -0.3 is 9.84 Å². The number of rotatable bonds is 6. The molecule has 1 saturated heterocycles. The molecule has 2 aromatic rings. The van der Waals surface area contributed by atoms with Gasteiger partial charge in [-0.15, -0.1) is 6.58 Å². The van der Waals surface area contributed by atoms with Crippen LogP contribution in [0.15, 0.2) is 65.0 Å². The minimum Gasteiger partial charge on any atom is -0.504 e. The summed E-state index contributed by atoms with van der Waals surface area (Å²) in [6.07, 6.45) is 9.61. The number of aromatic hydroxyl groups is 1. The summed E-state index contributed by atoms with van der Waals surface area (Å²) in [5, 5.41) is 11.1. The number of allylic oxidation sites excluding steroid dienone is 1. The van der Waals surface area contributed by atoms with Crippen molar-refractivity contribution in [2.75, 3.05) is 7.11 Å². The molecule has 2 aliphatic rings. The molecular weight excluding hydrogens is 420 g/mol. The molecule has 0 spiro atoms. The molecule has 1 aliphatic carbocycles. The van der Waals surface area contributed by atoms with Gasteiger partial charge in [0.15, 0.2) is 16.7 Å². The van der Waals surface area contributed by atoms with Crippen LogP contribution < -0.4 is 4.74 Å². The van der Waals surface area contributed by atoms with Crippen LogP contribution in [0.4, 0.5) is 5.69 Å². The first-order valence-corrected chi connectivity index (χ1v) is 11.8. The van der Waals surface area contributed by atoms with Gasteiger partial charge in [-0.05, 0) is 66.9 Å². The lowest BCUT2D eigenvalue weighted by atomic mass is 9.94. The number of aliphatic imine (C=N–C) groups is 1. The third-order valence-corrected chi connectivity index (χ3v) is 6.80. The van der Waals surface area contributed by atoms with Gasteiger partial charge in [-0.25, -0.2) is 4.99 Å². The minimum atomic E-state index is -0.00565. The second-order valence-corrected chi connectivity index (χ2v) is 9.04. The molecule has 0 bridgehead atoms. The second kappa shape index (κ2) is 10.1. The van der Waals surface area contributed by atoms with Crippen LogP contribution in [0, 0.1) is 0 Å². The molecule has 0 unspecified atom stereocenters. The Kier molecular flexibility index (Phi) is 7.00. The molecule has 0 atom stereocenters. The number of hydrogen-bond donors (Lipinski definition) is 1. The first-order valence-electron chi connectivity index (χ1n) is 11.0. The van der Waals surface area contributed by atoms with Gasteiger partial charge in [0.05, 0.1) is 17.7 Å². The fourth-order valence-corrected chi connectivity index (χ4v) is 5.29. The van der Waals surface area contributed by atoms with Crippen molar-refractivity contribution in [3.05, 3.63) is 71.2 Å². The second-order valence-electron chi connectivity index (χ2n) is 8.03. The molecule has 1 aliphatic heterocycles. The predicted octanol–water partition coefficient (Wildman–Crippen LogP) is 6.07. The molecule has 166 valence electrons. The molecule has 1 heterocycles. The standard InChI is InChI=1S/C26H28N2O3S/c1-3-10-19-15-18(16-22(31-2)24(19)29)17-23-25(30)28(21-13-8-5-9-14-21)26(32-23)27-20-11-6-4-7-12-20/h3-4,6-7,11-12,15-17,21,29H,1,5,8-10,13-14H2,2H3. The lowest BCUT2D eigenvalue weighted by Gasteiger charge is -2.30. The first-order chi connectivity index (χ1) is 15.6. The van der Waals surface area contributed by atoms with E-state index in [2.05, 4.69) is 6.58 Å². The van der Waals surface area contributed by atoms with Crippen molar-refractivity contribution in [1.29, 1.82) is 0 Å². The van der Waals surface area contributed by atoms with E-state index in [4.69, 9.17) is 9.73 Å². The number of phenols is 1. The Morgan fingerprint density at radius 2 is 1.97 bits per heavy atom. The summed E-state index contributed by atoms with van der Waals surface area (Å²) in [6, 6.07) is 13.6.